The zero-order chi connectivity index (χ0) is 20.1. The summed E-state index contributed by atoms with van der Waals surface area (Å²) in [6, 6.07) is 3.69. The lowest BCUT2D eigenvalue weighted by Gasteiger charge is -2.04. The lowest BCUT2D eigenvalue weighted by molar-refractivity contribution is -0.681. The van der Waals surface area contributed by atoms with Crippen LogP contribution < -0.4 is 4.57 Å². The number of fused-ring (bicyclic) bond motifs is 2. The topological polar surface area (TPSA) is 104 Å². The summed E-state index contributed by atoms with van der Waals surface area (Å²) in [5.41, 5.74) is 2.77. The number of oxazole rings is 1. The van der Waals surface area contributed by atoms with Crippen LogP contribution in [0.2, 0.25) is 0 Å². The molecule has 28 heavy (non-hydrogen) atoms. The first kappa shape index (κ1) is 20.3. The minimum Gasteiger partial charge on any atom is -0.481 e. The van der Waals surface area contributed by atoms with Crippen molar-refractivity contribution in [2.24, 2.45) is 0 Å². The third-order valence-corrected chi connectivity index (χ3v) is 4.23. The molecule has 0 aliphatic rings. The second-order valence-corrected chi connectivity index (χ2v) is 6.07. The molecule has 2 aromatic heterocycles. The van der Waals surface area contributed by atoms with Gasteiger partial charge in [0.05, 0.1) is 20.1 Å². The van der Waals surface area contributed by atoms with Crippen LogP contribution in [0.5, 0.6) is 0 Å². The van der Waals surface area contributed by atoms with Crippen LogP contribution in [-0.2, 0) is 44.1 Å². The van der Waals surface area contributed by atoms with Crippen molar-refractivity contribution in [3.05, 3.63) is 29.3 Å². The number of hydrogen-bond acceptors (Lipinski definition) is 7. The average Bonchev–Trinajstić information content (AvgIpc) is 3.14. The van der Waals surface area contributed by atoms with Gasteiger partial charge in [-0.05, 0) is 13.8 Å². The zero-order valence-corrected chi connectivity index (χ0v) is 16.1. The molecule has 0 atom stereocenters. The molecule has 0 radical (unpaired) electrons. The molecule has 0 saturated carbocycles. The normalized spacial score (nSPS) is 11.7. The molecule has 152 valence electrons. The maximum Gasteiger partial charge on any atom is 0.344 e. The molecule has 0 aliphatic carbocycles. The second kappa shape index (κ2) is 9.16. The Morgan fingerprint density at radius 1 is 1.04 bits per heavy atom. The minimum atomic E-state index is -0.869. The maximum atomic E-state index is 11.0. The van der Waals surface area contributed by atoms with E-state index in [9.17, 15) is 4.79 Å². The van der Waals surface area contributed by atoms with Crippen molar-refractivity contribution >= 4 is 28.0 Å². The second-order valence-electron chi connectivity index (χ2n) is 6.07. The highest BCUT2D eigenvalue weighted by atomic mass is 17.2. The van der Waals surface area contributed by atoms with E-state index in [1.165, 1.54) is 0 Å². The molecule has 1 N–H and O–H groups in total. The molecule has 3 rings (SSSR count). The van der Waals surface area contributed by atoms with Gasteiger partial charge in [-0.2, -0.15) is 4.57 Å². The summed E-state index contributed by atoms with van der Waals surface area (Å²) in [5.74, 6) is 0.312. The van der Waals surface area contributed by atoms with Crippen LogP contribution in [0, 0.1) is 6.92 Å². The predicted octanol–water partition coefficient (Wildman–Crippen LogP) is 3.19. The lowest BCUT2D eigenvalue weighted by atomic mass is 10.1. The number of carboxylic acids is 1. The van der Waals surface area contributed by atoms with Gasteiger partial charge in [-0.25, -0.2) is 19.6 Å². The lowest BCUT2D eigenvalue weighted by Crippen LogP contribution is -2.36. The summed E-state index contributed by atoms with van der Waals surface area (Å²) in [4.78, 5) is 31.3. The first-order valence-electron chi connectivity index (χ1n) is 9.13. The van der Waals surface area contributed by atoms with Crippen LogP contribution >= 0.6 is 0 Å². The van der Waals surface area contributed by atoms with Gasteiger partial charge >= 0.3 is 11.9 Å². The molecular formula is C19H24NO8+. The molecule has 9 heteroatoms. The predicted molar refractivity (Wildman–Crippen MR) is 96.0 cm³/mol. The quantitative estimate of drug-likeness (QED) is 0.229. The van der Waals surface area contributed by atoms with Gasteiger partial charge in [-0.15, -0.1) is 0 Å². The molecule has 0 saturated heterocycles. The van der Waals surface area contributed by atoms with E-state index in [4.69, 9.17) is 33.5 Å². The third-order valence-electron chi connectivity index (χ3n) is 4.23. The largest absolute Gasteiger partial charge is 0.481 e. The van der Waals surface area contributed by atoms with Crippen molar-refractivity contribution in [1.29, 1.82) is 0 Å². The van der Waals surface area contributed by atoms with Gasteiger partial charge in [0.1, 0.15) is 31.0 Å². The fourth-order valence-corrected chi connectivity index (χ4v) is 3.01. The maximum absolute atomic E-state index is 11.0. The Morgan fingerprint density at radius 3 is 2.43 bits per heavy atom. The van der Waals surface area contributed by atoms with E-state index in [-0.39, 0.29) is 19.6 Å². The van der Waals surface area contributed by atoms with Gasteiger partial charge in [0.2, 0.25) is 5.58 Å². The standard InChI is InChI=1S/C19H23NO8/c1-4-23-25-10-14-13-8-15-17(27-12(3)20(15)7-6-19(21)22)9-16(13)28-18(14)11-26-24-5-2/h8-9H,4-7,10-11H2,1-3H3/p+1. The van der Waals surface area contributed by atoms with Crippen molar-refractivity contribution in [3.63, 3.8) is 0 Å². The molecule has 0 aliphatic heterocycles. The number of aliphatic carboxylic acids is 1. The number of benzene rings is 1. The molecule has 0 bridgehead atoms. The number of hydrogen-bond donors (Lipinski definition) is 1. The van der Waals surface area contributed by atoms with Crippen LogP contribution in [0.3, 0.4) is 0 Å². The Hall–Kier alpha value is -2.46. The van der Waals surface area contributed by atoms with Crippen LogP contribution in [0.15, 0.2) is 21.0 Å². The number of carbonyl (C=O) groups is 1. The molecule has 9 nitrogen and oxygen atoms in total. The SMILES string of the molecule is CCOOCc1oc2cc3oc(C)[n+](CCC(=O)O)c3cc2c1COOCC. The highest BCUT2D eigenvalue weighted by molar-refractivity contribution is 5.92. The number of furan rings is 1. The fourth-order valence-electron chi connectivity index (χ4n) is 3.01. The van der Waals surface area contributed by atoms with Gasteiger partial charge in [-0.3, -0.25) is 4.79 Å². The number of rotatable bonds is 11. The summed E-state index contributed by atoms with van der Waals surface area (Å²) < 4.78 is 13.5. The van der Waals surface area contributed by atoms with Crippen molar-refractivity contribution in [2.45, 2.75) is 47.0 Å². The molecule has 3 aromatic rings. The van der Waals surface area contributed by atoms with Crippen molar-refractivity contribution < 1.29 is 42.9 Å². The van der Waals surface area contributed by atoms with E-state index in [2.05, 4.69) is 0 Å². The minimum absolute atomic E-state index is 0.00266. The van der Waals surface area contributed by atoms with E-state index in [1.807, 2.05) is 24.5 Å². The molecule has 2 heterocycles. The Balaban J connectivity index is 2.03. The first-order valence-corrected chi connectivity index (χ1v) is 9.13. The summed E-state index contributed by atoms with van der Waals surface area (Å²) in [6.07, 6.45) is -0.00266. The van der Waals surface area contributed by atoms with Gasteiger partial charge in [-0.1, -0.05) is 0 Å². The zero-order valence-electron chi connectivity index (χ0n) is 16.1. The van der Waals surface area contributed by atoms with Gasteiger partial charge in [0.15, 0.2) is 6.54 Å². The summed E-state index contributed by atoms with van der Waals surface area (Å²) in [7, 11) is 0. The van der Waals surface area contributed by atoms with Crippen LogP contribution in [0.1, 0.15) is 37.5 Å². The molecule has 1 aromatic carbocycles. The number of aryl methyl sites for hydroxylation is 2. The summed E-state index contributed by atoms with van der Waals surface area (Å²) in [5, 5.41) is 9.81. The van der Waals surface area contributed by atoms with E-state index >= 15 is 0 Å². The smallest absolute Gasteiger partial charge is 0.344 e. The van der Waals surface area contributed by atoms with Crippen molar-refractivity contribution in [1.82, 2.24) is 0 Å². The number of carboxylic acid groups (broad SMARTS) is 1. The van der Waals surface area contributed by atoms with Gasteiger partial charge < -0.3 is 13.9 Å². The van der Waals surface area contributed by atoms with Crippen LogP contribution in [-0.4, -0.2) is 24.3 Å². The molecule has 0 unspecified atom stereocenters. The fraction of sp³-hybridized carbons (Fsp3) is 0.474. The molecule has 0 fully saturated rings. The average molecular weight is 394 g/mol. The van der Waals surface area contributed by atoms with Crippen LogP contribution in [0.25, 0.3) is 22.1 Å². The van der Waals surface area contributed by atoms with E-state index < -0.39 is 5.97 Å². The summed E-state index contributed by atoms with van der Waals surface area (Å²) >= 11 is 0. The van der Waals surface area contributed by atoms with E-state index in [0.29, 0.717) is 42.6 Å². The van der Waals surface area contributed by atoms with Crippen molar-refractivity contribution in [3.8, 4) is 0 Å². The number of aromatic nitrogens is 1. The van der Waals surface area contributed by atoms with Crippen LogP contribution in [0.4, 0.5) is 0 Å². The molecular weight excluding hydrogens is 370 g/mol. The Bertz CT molecular complexity index is 958. The van der Waals surface area contributed by atoms with Crippen molar-refractivity contribution in [2.75, 3.05) is 13.2 Å². The third kappa shape index (κ3) is 4.33. The highest BCUT2D eigenvalue weighted by Gasteiger charge is 2.24. The Morgan fingerprint density at radius 2 is 1.75 bits per heavy atom. The summed E-state index contributed by atoms with van der Waals surface area (Å²) in [6.45, 7) is 6.88. The van der Waals surface area contributed by atoms with Gasteiger partial charge in [0, 0.05) is 23.1 Å². The highest BCUT2D eigenvalue weighted by Crippen LogP contribution is 2.31. The first-order chi connectivity index (χ1) is 13.5. The van der Waals surface area contributed by atoms with E-state index in [1.54, 1.807) is 13.0 Å². The van der Waals surface area contributed by atoms with E-state index in [0.717, 1.165) is 16.5 Å². The Labute approximate surface area is 161 Å². The monoisotopic (exact) mass is 394 g/mol. The van der Waals surface area contributed by atoms with Gasteiger partial charge in [0.25, 0.3) is 5.52 Å². The molecule has 0 spiro atoms. The molecule has 0 amide bonds. The Kier molecular flexibility index (Phi) is 6.63. The number of nitrogens with zero attached hydrogens (tertiary/aromatic N) is 1.